The van der Waals surface area contributed by atoms with Gasteiger partial charge in [0.1, 0.15) is 5.54 Å². The summed E-state index contributed by atoms with van der Waals surface area (Å²) in [5, 5.41) is 24.9. The van der Waals surface area contributed by atoms with E-state index >= 15 is 0 Å². The van der Waals surface area contributed by atoms with Crippen molar-refractivity contribution in [1.29, 1.82) is 0 Å². The summed E-state index contributed by atoms with van der Waals surface area (Å²) in [7, 11) is 0. The van der Waals surface area contributed by atoms with Crippen molar-refractivity contribution in [2.24, 2.45) is 11.7 Å². The molecule has 0 aromatic carbocycles. The first-order valence-electron chi connectivity index (χ1n) is 10.0. The molecule has 0 heterocycles. The SMILES string of the molecule is CCC[C@](CCO)(NC(=O)CCC[C@H](NC[C@@H](N)CS)[C@@H](C)CC)C(=O)O. The summed E-state index contributed by atoms with van der Waals surface area (Å²) >= 11 is 4.20. The summed E-state index contributed by atoms with van der Waals surface area (Å²) in [5.41, 5.74) is 4.53. The maximum Gasteiger partial charge on any atom is 0.329 e. The van der Waals surface area contributed by atoms with Gasteiger partial charge in [-0.3, -0.25) is 4.79 Å². The Morgan fingerprint density at radius 3 is 2.41 bits per heavy atom. The van der Waals surface area contributed by atoms with E-state index in [1.165, 1.54) is 0 Å². The van der Waals surface area contributed by atoms with Gasteiger partial charge in [-0.15, -0.1) is 0 Å². The normalized spacial score (nSPS) is 17.0. The predicted octanol–water partition coefficient (Wildman–Crippen LogP) is 1.54. The van der Waals surface area contributed by atoms with Crippen LogP contribution in [0.15, 0.2) is 0 Å². The van der Waals surface area contributed by atoms with E-state index in [1.54, 1.807) is 0 Å². The topological polar surface area (TPSA) is 125 Å². The smallest absolute Gasteiger partial charge is 0.329 e. The van der Waals surface area contributed by atoms with E-state index in [1.807, 2.05) is 6.92 Å². The van der Waals surface area contributed by atoms with Crippen molar-refractivity contribution in [3.05, 3.63) is 0 Å². The molecule has 7 nitrogen and oxygen atoms in total. The monoisotopic (exact) mass is 405 g/mol. The van der Waals surface area contributed by atoms with Gasteiger partial charge in [-0.2, -0.15) is 12.6 Å². The van der Waals surface area contributed by atoms with Gasteiger partial charge in [0.25, 0.3) is 0 Å². The Bertz CT molecular complexity index is 431. The van der Waals surface area contributed by atoms with Gasteiger partial charge in [0.15, 0.2) is 0 Å². The number of hydrogen-bond donors (Lipinski definition) is 6. The number of carboxylic acid groups (broad SMARTS) is 1. The number of amides is 1. The van der Waals surface area contributed by atoms with Crippen molar-refractivity contribution < 1.29 is 19.8 Å². The third kappa shape index (κ3) is 9.78. The van der Waals surface area contributed by atoms with Crippen molar-refractivity contribution >= 4 is 24.5 Å². The highest BCUT2D eigenvalue weighted by atomic mass is 32.1. The minimum atomic E-state index is -1.38. The maximum atomic E-state index is 12.3. The van der Waals surface area contributed by atoms with Crippen molar-refractivity contribution in [1.82, 2.24) is 10.6 Å². The molecule has 0 aromatic heterocycles. The molecule has 1 amide bonds. The number of carbonyl (C=O) groups excluding carboxylic acids is 1. The van der Waals surface area contributed by atoms with E-state index in [2.05, 4.69) is 37.1 Å². The van der Waals surface area contributed by atoms with Crippen LogP contribution in [-0.2, 0) is 9.59 Å². The summed E-state index contributed by atoms with van der Waals surface area (Å²) < 4.78 is 0. The van der Waals surface area contributed by atoms with Gasteiger partial charge >= 0.3 is 5.97 Å². The van der Waals surface area contributed by atoms with E-state index in [0.717, 1.165) is 12.8 Å². The first-order chi connectivity index (χ1) is 12.8. The standard InChI is InChI=1S/C19H39N3O4S/c1-4-9-19(10-11-23,18(25)26)22-17(24)8-6-7-16(14(3)5-2)21-12-15(20)13-27/h14-16,21,23,27H,4-13,20H2,1-3H3,(H,22,24)(H,25,26)/t14-,15+,16-,19+/m0/s1. The zero-order valence-corrected chi connectivity index (χ0v) is 17.9. The van der Waals surface area contributed by atoms with Gasteiger partial charge in [-0.25, -0.2) is 4.79 Å². The zero-order chi connectivity index (χ0) is 20.9. The number of aliphatic carboxylic acids is 1. The van der Waals surface area contributed by atoms with Gasteiger partial charge in [0.05, 0.1) is 0 Å². The fraction of sp³-hybridized carbons (Fsp3) is 0.895. The van der Waals surface area contributed by atoms with Gasteiger partial charge in [0.2, 0.25) is 5.91 Å². The molecule has 160 valence electrons. The van der Waals surface area contributed by atoms with Crippen LogP contribution in [0.2, 0.25) is 0 Å². The molecule has 6 N–H and O–H groups in total. The lowest BCUT2D eigenvalue weighted by Gasteiger charge is -2.30. The Hall–Kier alpha value is -0.830. The van der Waals surface area contributed by atoms with Gasteiger partial charge in [-0.1, -0.05) is 33.6 Å². The van der Waals surface area contributed by atoms with Crippen LogP contribution in [0.1, 0.15) is 65.7 Å². The molecular formula is C19H39N3O4S. The van der Waals surface area contributed by atoms with E-state index < -0.39 is 11.5 Å². The lowest BCUT2D eigenvalue weighted by molar-refractivity contribution is -0.149. The number of carbonyl (C=O) groups is 2. The third-order valence-corrected chi connectivity index (χ3v) is 5.60. The molecule has 0 spiro atoms. The van der Waals surface area contributed by atoms with E-state index in [4.69, 9.17) is 5.73 Å². The number of nitrogens with one attached hydrogen (secondary N) is 2. The molecule has 0 rings (SSSR count). The molecule has 8 heteroatoms. The van der Waals surface area contributed by atoms with Crippen LogP contribution in [-0.4, -0.2) is 58.6 Å². The molecule has 4 atom stereocenters. The first-order valence-corrected chi connectivity index (χ1v) is 10.6. The highest BCUT2D eigenvalue weighted by molar-refractivity contribution is 7.80. The largest absolute Gasteiger partial charge is 0.480 e. The van der Waals surface area contributed by atoms with Crippen molar-refractivity contribution in [2.45, 2.75) is 83.3 Å². The first kappa shape index (κ1) is 26.2. The number of carboxylic acids is 1. The van der Waals surface area contributed by atoms with Gasteiger partial charge in [-0.05, 0) is 25.2 Å². The molecule has 0 aliphatic heterocycles. The lowest BCUT2D eigenvalue weighted by Crippen LogP contribution is -2.55. The number of aliphatic hydroxyl groups excluding tert-OH is 1. The fourth-order valence-corrected chi connectivity index (χ4v) is 3.32. The van der Waals surface area contributed by atoms with Crippen LogP contribution in [0.4, 0.5) is 0 Å². The van der Waals surface area contributed by atoms with Crippen LogP contribution in [0.3, 0.4) is 0 Å². The number of thiol groups is 1. The molecule has 0 radical (unpaired) electrons. The molecule has 0 fully saturated rings. The Kier molecular flexibility index (Phi) is 13.8. The molecule has 0 unspecified atom stereocenters. The highest BCUT2D eigenvalue weighted by Gasteiger charge is 2.38. The molecule has 0 aromatic rings. The molecule has 27 heavy (non-hydrogen) atoms. The third-order valence-electron chi connectivity index (χ3n) is 5.13. The summed E-state index contributed by atoms with van der Waals surface area (Å²) in [6.07, 6.45) is 3.68. The highest BCUT2D eigenvalue weighted by Crippen LogP contribution is 2.19. The number of nitrogens with two attached hydrogens (primary N) is 1. The quantitative estimate of drug-likeness (QED) is 0.216. The predicted molar refractivity (Wildman–Crippen MR) is 112 cm³/mol. The number of hydrogen-bond acceptors (Lipinski definition) is 6. The molecule has 0 bridgehead atoms. The van der Waals surface area contributed by atoms with Crippen molar-refractivity contribution in [2.75, 3.05) is 18.9 Å². The fourth-order valence-electron chi connectivity index (χ4n) is 3.19. The maximum absolute atomic E-state index is 12.3. The number of aliphatic hydroxyl groups is 1. The number of rotatable bonds is 16. The van der Waals surface area contributed by atoms with Crippen LogP contribution >= 0.6 is 12.6 Å². The van der Waals surface area contributed by atoms with E-state index in [0.29, 0.717) is 37.5 Å². The van der Waals surface area contributed by atoms with Crippen molar-refractivity contribution in [3.63, 3.8) is 0 Å². The Labute approximate surface area is 169 Å². The molecule has 0 aliphatic carbocycles. The van der Waals surface area contributed by atoms with Gasteiger partial charge < -0.3 is 26.6 Å². The summed E-state index contributed by atoms with van der Waals surface area (Å²) in [5.74, 6) is -0.309. The molecule has 0 saturated heterocycles. The Morgan fingerprint density at radius 2 is 1.93 bits per heavy atom. The molecule has 0 saturated carbocycles. The molecular weight excluding hydrogens is 366 g/mol. The Balaban J connectivity index is 4.67. The van der Waals surface area contributed by atoms with Crippen LogP contribution < -0.4 is 16.4 Å². The van der Waals surface area contributed by atoms with Crippen LogP contribution in [0.25, 0.3) is 0 Å². The van der Waals surface area contributed by atoms with E-state index in [9.17, 15) is 19.8 Å². The summed E-state index contributed by atoms with van der Waals surface area (Å²) in [6.45, 7) is 6.56. The second-order valence-electron chi connectivity index (χ2n) is 7.39. The van der Waals surface area contributed by atoms with Gasteiger partial charge in [0, 0.05) is 43.8 Å². The second-order valence-corrected chi connectivity index (χ2v) is 7.76. The minimum Gasteiger partial charge on any atom is -0.480 e. The molecule has 0 aliphatic rings. The van der Waals surface area contributed by atoms with Crippen LogP contribution in [0, 0.1) is 5.92 Å². The lowest BCUT2D eigenvalue weighted by atomic mass is 9.89. The zero-order valence-electron chi connectivity index (χ0n) is 17.0. The summed E-state index contributed by atoms with van der Waals surface area (Å²) in [4.78, 5) is 24.0. The van der Waals surface area contributed by atoms with Crippen LogP contribution in [0.5, 0.6) is 0 Å². The average molecular weight is 406 g/mol. The minimum absolute atomic E-state index is 0.00750. The average Bonchev–Trinajstić information content (AvgIpc) is 2.63. The summed E-state index contributed by atoms with van der Waals surface area (Å²) in [6, 6.07) is 0.248. The van der Waals surface area contributed by atoms with E-state index in [-0.39, 0.29) is 37.4 Å². The second kappa shape index (κ2) is 14.2. The Morgan fingerprint density at radius 1 is 1.26 bits per heavy atom. The van der Waals surface area contributed by atoms with Crippen molar-refractivity contribution in [3.8, 4) is 0 Å².